The minimum absolute atomic E-state index is 0.0663. The Morgan fingerprint density at radius 1 is 1.29 bits per heavy atom. The van der Waals surface area contributed by atoms with Gasteiger partial charge in [-0.15, -0.1) is 0 Å². The normalized spacial score (nSPS) is 15.6. The summed E-state index contributed by atoms with van der Waals surface area (Å²) in [7, 11) is 0. The molecule has 0 saturated heterocycles. The molecule has 2 aromatic rings. The lowest BCUT2D eigenvalue weighted by molar-refractivity contribution is -0.384. The van der Waals surface area contributed by atoms with Crippen molar-refractivity contribution >= 4 is 23.3 Å². The maximum absolute atomic E-state index is 10.8. The summed E-state index contributed by atoms with van der Waals surface area (Å²) in [5, 5.41) is 14.2. The molecule has 7 heteroatoms. The number of thioether (sulfide) groups is 1. The number of benzene rings is 1. The van der Waals surface area contributed by atoms with Gasteiger partial charge in [0.25, 0.3) is 5.69 Å². The lowest BCUT2D eigenvalue weighted by atomic mass is 9.84. The topological polar surface area (TPSA) is 81.0 Å². The number of non-ortho nitro benzene ring substituents is 1. The third-order valence-corrected chi connectivity index (χ3v) is 5.90. The molecule has 0 atom stereocenters. The molecule has 0 radical (unpaired) electrons. The van der Waals surface area contributed by atoms with Crippen LogP contribution in [-0.4, -0.2) is 32.4 Å². The van der Waals surface area contributed by atoms with Crippen LogP contribution in [0.3, 0.4) is 0 Å². The second-order valence-corrected chi connectivity index (χ2v) is 7.39. The Morgan fingerprint density at radius 3 is 2.54 bits per heavy atom. The van der Waals surface area contributed by atoms with Crippen LogP contribution >= 0.6 is 11.8 Å². The lowest BCUT2D eigenvalue weighted by Gasteiger charge is -2.40. The summed E-state index contributed by atoms with van der Waals surface area (Å²) >= 11 is 1.92. The number of rotatable bonds is 6. The quantitative estimate of drug-likeness (QED) is 0.629. The highest BCUT2D eigenvalue weighted by Gasteiger charge is 2.35. The van der Waals surface area contributed by atoms with E-state index in [1.54, 1.807) is 12.1 Å². The first kappa shape index (κ1) is 16.7. The number of nitrogens with one attached hydrogen (secondary N) is 1. The zero-order chi connectivity index (χ0) is 17.2. The van der Waals surface area contributed by atoms with Gasteiger partial charge in [-0.3, -0.25) is 10.1 Å². The van der Waals surface area contributed by atoms with E-state index in [1.165, 1.54) is 31.4 Å². The van der Waals surface area contributed by atoms with E-state index in [1.807, 2.05) is 24.8 Å². The highest BCUT2D eigenvalue weighted by molar-refractivity contribution is 8.00. The predicted octanol–water partition coefficient (Wildman–Crippen LogP) is 4.06. The molecule has 1 heterocycles. The van der Waals surface area contributed by atoms with Gasteiger partial charge < -0.3 is 5.32 Å². The summed E-state index contributed by atoms with van der Waals surface area (Å²) in [6.45, 7) is 2.82. The molecule has 1 aromatic heterocycles. The monoisotopic (exact) mass is 344 g/mol. The Bertz CT molecular complexity index is 739. The van der Waals surface area contributed by atoms with Crippen LogP contribution < -0.4 is 5.32 Å². The maximum Gasteiger partial charge on any atom is 0.269 e. The molecule has 0 amide bonds. The van der Waals surface area contributed by atoms with E-state index in [9.17, 15) is 10.1 Å². The Morgan fingerprint density at radius 2 is 2.00 bits per heavy atom. The zero-order valence-corrected chi connectivity index (χ0v) is 14.6. The SMILES string of the molecule is CSC1(CNc2cc(C)nc(-c3ccc([N+](=O)[O-])cc3)n2)CCC1. The van der Waals surface area contributed by atoms with Crippen molar-refractivity contribution in [1.82, 2.24) is 9.97 Å². The zero-order valence-electron chi connectivity index (χ0n) is 13.8. The number of hydrogen-bond donors (Lipinski definition) is 1. The molecule has 1 N–H and O–H groups in total. The minimum atomic E-state index is -0.408. The van der Waals surface area contributed by atoms with Gasteiger partial charge >= 0.3 is 0 Å². The Kier molecular flexibility index (Phi) is 4.71. The van der Waals surface area contributed by atoms with Gasteiger partial charge in [-0.1, -0.05) is 6.42 Å². The van der Waals surface area contributed by atoms with Gasteiger partial charge in [0.05, 0.1) is 4.92 Å². The molecule has 0 spiro atoms. The minimum Gasteiger partial charge on any atom is -0.369 e. The standard InChI is InChI=1S/C17H20N4O2S/c1-12-10-15(18-11-17(24-2)8-3-9-17)20-16(19-12)13-4-6-14(7-5-13)21(22)23/h4-7,10H,3,8-9,11H2,1-2H3,(H,18,19,20). The average Bonchev–Trinajstić information content (AvgIpc) is 2.54. The van der Waals surface area contributed by atoms with Crippen LogP contribution in [0.25, 0.3) is 11.4 Å². The molecule has 0 unspecified atom stereocenters. The molecule has 6 nitrogen and oxygen atoms in total. The number of aryl methyl sites for hydroxylation is 1. The predicted molar refractivity (Wildman–Crippen MR) is 97.4 cm³/mol. The first-order valence-corrected chi connectivity index (χ1v) is 9.13. The van der Waals surface area contributed by atoms with Crippen LogP contribution in [0.15, 0.2) is 30.3 Å². The number of nitrogens with zero attached hydrogens (tertiary/aromatic N) is 3. The smallest absolute Gasteiger partial charge is 0.269 e. The summed E-state index contributed by atoms with van der Waals surface area (Å²) < 4.78 is 0.326. The number of hydrogen-bond acceptors (Lipinski definition) is 6. The van der Waals surface area contributed by atoms with Gasteiger partial charge in [0, 0.05) is 40.7 Å². The lowest BCUT2D eigenvalue weighted by Crippen LogP contribution is -2.40. The van der Waals surface area contributed by atoms with Gasteiger partial charge in [0.2, 0.25) is 0 Å². The highest BCUT2D eigenvalue weighted by atomic mass is 32.2. The van der Waals surface area contributed by atoms with Gasteiger partial charge in [0.1, 0.15) is 5.82 Å². The molecular formula is C17H20N4O2S. The highest BCUT2D eigenvalue weighted by Crippen LogP contribution is 2.42. The molecule has 24 heavy (non-hydrogen) atoms. The Hall–Kier alpha value is -2.15. The van der Waals surface area contributed by atoms with Gasteiger partial charge in [0.15, 0.2) is 5.82 Å². The van der Waals surface area contributed by atoms with Crippen molar-refractivity contribution in [2.75, 3.05) is 18.1 Å². The third kappa shape index (κ3) is 3.51. The van der Waals surface area contributed by atoms with Crippen LogP contribution in [-0.2, 0) is 0 Å². The summed E-state index contributed by atoms with van der Waals surface area (Å²) in [6, 6.07) is 8.26. The second kappa shape index (κ2) is 6.76. The van der Waals surface area contributed by atoms with Crippen LogP contribution in [0.5, 0.6) is 0 Å². The molecule has 0 aliphatic heterocycles. The fourth-order valence-corrected chi connectivity index (χ4v) is 3.71. The third-order valence-electron chi connectivity index (χ3n) is 4.48. The molecule has 0 bridgehead atoms. The number of aromatic nitrogens is 2. The fourth-order valence-electron chi connectivity index (χ4n) is 2.80. The van der Waals surface area contributed by atoms with Crippen molar-refractivity contribution in [3.05, 3.63) is 46.1 Å². The molecule has 126 valence electrons. The van der Waals surface area contributed by atoms with E-state index in [2.05, 4.69) is 21.5 Å². The van der Waals surface area contributed by atoms with Crippen LogP contribution in [0.4, 0.5) is 11.5 Å². The second-order valence-electron chi connectivity index (χ2n) is 6.12. The maximum atomic E-state index is 10.8. The van der Waals surface area contributed by atoms with Gasteiger partial charge in [-0.25, -0.2) is 9.97 Å². The first-order valence-electron chi connectivity index (χ1n) is 7.91. The summed E-state index contributed by atoms with van der Waals surface area (Å²) in [5.41, 5.74) is 1.71. The first-order chi connectivity index (χ1) is 11.5. The van der Waals surface area contributed by atoms with Crippen LogP contribution in [0.1, 0.15) is 25.0 Å². The average molecular weight is 344 g/mol. The van der Waals surface area contributed by atoms with E-state index < -0.39 is 4.92 Å². The van der Waals surface area contributed by atoms with Crippen molar-refractivity contribution < 1.29 is 4.92 Å². The fraction of sp³-hybridized carbons (Fsp3) is 0.412. The summed E-state index contributed by atoms with van der Waals surface area (Å²) in [4.78, 5) is 19.4. The van der Waals surface area contributed by atoms with Crippen molar-refractivity contribution in [2.24, 2.45) is 0 Å². The summed E-state index contributed by atoms with van der Waals surface area (Å²) in [5.74, 6) is 1.38. The van der Waals surface area contributed by atoms with Crippen LogP contribution in [0.2, 0.25) is 0 Å². The number of nitro groups is 1. The molecule has 1 fully saturated rings. The molecule has 1 aromatic carbocycles. The van der Waals surface area contributed by atoms with E-state index in [0.717, 1.165) is 23.6 Å². The van der Waals surface area contributed by atoms with Crippen molar-refractivity contribution in [3.8, 4) is 11.4 Å². The van der Waals surface area contributed by atoms with Gasteiger partial charge in [-0.2, -0.15) is 11.8 Å². The van der Waals surface area contributed by atoms with Crippen molar-refractivity contribution in [1.29, 1.82) is 0 Å². The molecule has 1 aliphatic carbocycles. The Balaban J connectivity index is 1.79. The van der Waals surface area contributed by atoms with E-state index in [4.69, 9.17) is 0 Å². The van der Waals surface area contributed by atoms with E-state index >= 15 is 0 Å². The molecule has 1 saturated carbocycles. The van der Waals surface area contributed by atoms with Gasteiger partial charge in [-0.05, 0) is 38.2 Å². The van der Waals surface area contributed by atoms with Crippen LogP contribution in [0, 0.1) is 17.0 Å². The largest absolute Gasteiger partial charge is 0.369 e. The molecule has 3 rings (SSSR count). The van der Waals surface area contributed by atoms with Crippen molar-refractivity contribution in [2.45, 2.75) is 30.9 Å². The molecular weight excluding hydrogens is 324 g/mol. The number of nitro benzene ring substituents is 1. The Labute approximate surface area is 145 Å². The number of anilines is 1. The molecule has 1 aliphatic rings. The van der Waals surface area contributed by atoms with E-state index in [-0.39, 0.29) is 5.69 Å². The summed E-state index contributed by atoms with van der Waals surface area (Å²) in [6.07, 6.45) is 5.93. The van der Waals surface area contributed by atoms with Crippen molar-refractivity contribution in [3.63, 3.8) is 0 Å². The van der Waals surface area contributed by atoms with E-state index in [0.29, 0.717) is 10.6 Å².